The number of aromatic hydroxyl groups is 1. The van der Waals surface area contributed by atoms with Gasteiger partial charge in [0.1, 0.15) is 5.75 Å². The summed E-state index contributed by atoms with van der Waals surface area (Å²) in [4.78, 5) is 28.1. The van der Waals surface area contributed by atoms with Gasteiger partial charge in [-0.05, 0) is 40.8 Å². The first-order valence-electron chi connectivity index (χ1n) is 6.98. The van der Waals surface area contributed by atoms with Crippen molar-refractivity contribution >= 4 is 45.7 Å². The highest BCUT2D eigenvalue weighted by Crippen LogP contribution is 2.25. The molecule has 2 aromatic rings. The molecule has 1 aromatic heterocycles. The number of carbonyl (C=O) groups excluding carboxylic acids is 2. The van der Waals surface area contributed by atoms with Gasteiger partial charge in [-0.15, -0.1) is 0 Å². The minimum Gasteiger partial charge on any atom is -0.506 e. The largest absolute Gasteiger partial charge is 0.506 e. The van der Waals surface area contributed by atoms with Crippen LogP contribution < -0.4 is 16.4 Å². The van der Waals surface area contributed by atoms with Crippen molar-refractivity contribution in [1.82, 2.24) is 15.6 Å². The summed E-state index contributed by atoms with van der Waals surface area (Å²) in [6, 6.07) is 6.72. The topological polar surface area (TPSA) is 117 Å². The second-order valence-corrected chi connectivity index (χ2v) is 6.39. The maximum absolute atomic E-state index is 12.1. The molecule has 122 valence electrons. The van der Waals surface area contributed by atoms with E-state index in [1.54, 1.807) is 18.2 Å². The number of nitrogens with one attached hydrogen (secondary N) is 2. The van der Waals surface area contributed by atoms with E-state index in [-0.39, 0.29) is 18.0 Å². The van der Waals surface area contributed by atoms with Crippen LogP contribution in [-0.2, 0) is 11.3 Å². The molecule has 1 aliphatic heterocycles. The fraction of sp³-hybridized carbons (Fsp3) is 0.0625. The standard InChI is InChI=1S/C16H13IN4O3/c17-8-1-2-10-11(3-8)12(16(24)21-15(10)23)6-19-5-9-4-14(22)13(18)7-20-9/h1-4,6-7,19H,5,18H2,(H,20,22)(H,21,23,24)/b12-6-. The van der Waals surface area contributed by atoms with Crippen molar-refractivity contribution in [1.29, 1.82) is 0 Å². The van der Waals surface area contributed by atoms with Crippen molar-refractivity contribution in [2.24, 2.45) is 0 Å². The third-order valence-corrected chi connectivity index (χ3v) is 4.16. The minimum atomic E-state index is -0.463. The number of pyridine rings is 1. The van der Waals surface area contributed by atoms with Crippen LogP contribution in [0.1, 0.15) is 21.6 Å². The SMILES string of the molecule is Nc1cnc(CN/C=C2\C(=O)NC(=O)c3ccc(I)cc32)cc1O. The fourth-order valence-corrected chi connectivity index (χ4v) is 2.78. The van der Waals surface area contributed by atoms with Gasteiger partial charge in [0.25, 0.3) is 11.8 Å². The molecule has 2 heterocycles. The molecule has 0 spiro atoms. The van der Waals surface area contributed by atoms with Crippen molar-refractivity contribution in [3.05, 3.63) is 57.1 Å². The quantitative estimate of drug-likeness (QED) is 0.328. The molecule has 1 aliphatic rings. The summed E-state index contributed by atoms with van der Waals surface area (Å²) < 4.78 is 0.921. The molecule has 0 saturated heterocycles. The van der Waals surface area contributed by atoms with Gasteiger partial charge < -0.3 is 16.2 Å². The molecule has 0 atom stereocenters. The van der Waals surface area contributed by atoms with E-state index in [0.717, 1.165) is 3.57 Å². The Kier molecular flexibility index (Phi) is 4.38. The predicted octanol–water partition coefficient (Wildman–Crippen LogP) is 1.37. The zero-order chi connectivity index (χ0) is 17.3. The van der Waals surface area contributed by atoms with Crippen LogP contribution in [0.5, 0.6) is 5.75 Å². The molecule has 0 bridgehead atoms. The molecule has 2 amide bonds. The summed E-state index contributed by atoms with van der Waals surface area (Å²) in [5.74, 6) is -0.917. The van der Waals surface area contributed by atoms with Gasteiger partial charge in [0.2, 0.25) is 0 Å². The number of nitrogens with two attached hydrogens (primary N) is 1. The van der Waals surface area contributed by atoms with Gasteiger partial charge >= 0.3 is 0 Å². The summed E-state index contributed by atoms with van der Waals surface area (Å²) in [6.45, 7) is 0.290. The molecule has 5 N–H and O–H groups in total. The fourth-order valence-electron chi connectivity index (χ4n) is 2.29. The lowest BCUT2D eigenvalue weighted by atomic mass is 9.96. The highest BCUT2D eigenvalue weighted by Gasteiger charge is 2.27. The van der Waals surface area contributed by atoms with E-state index in [1.165, 1.54) is 18.5 Å². The summed E-state index contributed by atoms with van der Waals surface area (Å²) in [5.41, 5.74) is 7.66. The first kappa shape index (κ1) is 16.2. The number of hydrogen-bond acceptors (Lipinski definition) is 6. The van der Waals surface area contributed by atoms with Crippen LogP contribution >= 0.6 is 22.6 Å². The van der Waals surface area contributed by atoms with Crippen LogP contribution in [0.25, 0.3) is 5.57 Å². The lowest BCUT2D eigenvalue weighted by Crippen LogP contribution is -2.37. The van der Waals surface area contributed by atoms with E-state index in [0.29, 0.717) is 22.4 Å². The number of nitrogen functional groups attached to an aromatic ring is 1. The number of rotatable bonds is 3. The Morgan fingerprint density at radius 2 is 2.04 bits per heavy atom. The van der Waals surface area contributed by atoms with Gasteiger partial charge in [-0.1, -0.05) is 0 Å². The van der Waals surface area contributed by atoms with Crippen molar-refractivity contribution < 1.29 is 14.7 Å². The number of benzene rings is 1. The Morgan fingerprint density at radius 3 is 2.79 bits per heavy atom. The zero-order valence-corrected chi connectivity index (χ0v) is 14.5. The first-order chi connectivity index (χ1) is 11.5. The third kappa shape index (κ3) is 3.18. The number of amides is 2. The average molecular weight is 436 g/mol. The van der Waals surface area contributed by atoms with E-state index in [9.17, 15) is 14.7 Å². The van der Waals surface area contributed by atoms with Gasteiger partial charge in [-0.2, -0.15) is 0 Å². The number of anilines is 1. The molecular weight excluding hydrogens is 423 g/mol. The second kappa shape index (κ2) is 6.48. The number of nitrogens with zero attached hydrogens (tertiary/aromatic N) is 1. The van der Waals surface area contributed by atoms with Crippen molar-refractivity contribution in [2.45, 2.75) is 6.54 Å². The Hall–Kier alpha value is -2.62. The van der Waals surface area contributed by atoms with Crippen LogP contribution in [-0.4, -0.2) is 21.9 Å². The highest BCUT2D eigenvalue weighted by atomic mass is 127. The van der Waals surface area contributed by atoms with E-state index in [4.69, 9.17) is 5.73 Å². The summed E-state index contributed by atoms with van der Waals surface area (Å²) in [6.07, 6.45) is 2.90. The van der Waals surface area contributed by atoms with Gasteiger partial charge in [0, 0.05) is 27.0 Å². The molecule has 8 heteroatoms. The molecule has 7 nitrogen and oxygen atoms in total. The van der Waals surface area contributed by atoms with Crippen molar-refractivity contribution in [3.8, 4) is 5.75 Å². The van der Waals surface area contributed by atoms with Gasteiger partial charge in [-0.25, -0.2) is 0 Å². The Bertz CT molecular complexity index is 880. The molecule has 0 aliphatic carbocycles. The lowest BCUT2D eigenvalue weighted by Gasteiger charge is -2.18. The molecule has 0 saturated carbocycles. The monoisotopic (exact) mass is 436 g/mol. The number of imide groups is 1. The number of fused-ring (bicyclic) bond motifs is 1. The van der Waals surface area contributed by atoms with Crippen LogP contribution in [0.4, 0.5) is 5.69 Å². The van der Waals surface area contributed by atoms with Crippen LogP contribution in [0, 0.1) is 3.57 Å². The smallest absolute Gasteiger partial charge is 0.260 e. The van der Waals surface area contributed by atoms with Crippen molar-refractivity contribution in [2.75, 3.05) is 5.73 Å². The Labute approximate surface area is 151 Å². The van der Waals surface area contributed by atoms with Gasteiger partial charge in [0.15, 0.2) is 0 Å². The van der Waals surface area contributed by atoms with E-state index in [1.807, 2.05) is 0 Å². The molecular formula is C16H13IN4O3. The van der Waals surface area contributed by atoms with E-state index >= 15 is 0 Å². The average Bonchev–Trinajstić information content (AvgIpc) is 2.53. The lowest BCUT2D eigenvalue weighted by molar-refractivity contribution is -0.114. The first-order valence-corrected chi connectivity index (χ1v) is 8.06. The number of aromatic nitrogens is 1. The van der Waals surface area contributed by atoms with Crippen molar-refractivity contribution in [3.63, 3.8) is 0 Å². The Balaban J connectivity index is 1.85. The zero-order valence-electron chi connectivity index (χ0n) is 12.3. The summed E-state index contributed by atoms with van der Waals surface area (Å²) >= 11 is 2.12. The van der Waals surface area contributed by atoms with Crippen LogP contribution in [0.2, 0.25) is 0 Å². The predicted molar refractivity (Wildman–Crippen MR) is 96.8 cm³/mol. The minimum absolute atomic E-state index is 0.0460. The van der Waals surface area contributed by atoms with Crippen LogP contribution in [0.3, 0.4) is 0 Å². The maximum atomic E-state index is 12.1. The number of carbonyl (C=O) groups is 2. The maximum Gasteiger partial charge on any atom is 0.260 e. The normalized spacial score (nSPS) is 15.1. The molecule has 0 unspecified atom stereocenters. The third-order valence-electron chi connectivity index (χ3n) is 3.49. The van der Waals surface area contributed by atoms with Crippen LogP contribution in [0.15, 0.2) is 36.7 Å². The van der Waals surface area contributed by atoms with E-state index in [2.05, 4.69) is 38.2 Å². The molecule has 0 fully saturated rings. The summed E-state index contributed by atoms with van der Waals surface area (Å²) in [7, 11) is 0. The Morgan fingerprint density at radius 1 is 1.25 bits per heavy atom. The number of halogens is 1. The van der Waals surface area contributed by atoms with Gasteiger partial charge in [-0.3, -0.25) is 19.9 Å². The molecule has 1 aromatic carbocycles. The summed E-state index contributed by atoms with van der Waals surface area (Å²) in [5, 5.41) is 14.9. The number of hydrogen-bond donors (Lipinski definition) is 4. The van der Waals surface area contributed by atoms with Gasteiger partial charge in [0.05, 0.1) is 29.7 Å². The molecule has 3 rings (SSSR count). The van der Waals surface area contributed by atoms with E-state index < -0.39 is 11.8 Å². The highest BCUT2D eigenvalue weighted by molar-refractivity contribution is 14.1. The molecule has 0 radical (unpaired) electrons. The molecule has 24 heavy (non-hydrogen) atoms. The second-order valence-electron chi connectivity index (χ2n) is 5.15.